The number of piperidine rings is 1. The van der Waals surface area contributed by atoms with Crippen LogP contribution in [0.3, 0.4) is 0 Å². The molecule has 7 heterocycles. The SMILES string of the molecule is O=C1CCC(N2C(=O)c3cccc(NCCOCCOCCC(=O)N4CCN(c5cccc(-c6cnc7ccc(N8CCC[C@@H]8c8cccc(F)c8)nn67)n5)CC4)c3C2=O)C(=O)N1. The van der Waals surface area contributed by atoms with Crippen molar-refractivity contribution in [2.45, 2.75) is 44.2 Å². The predicted octanol–water partition coefficient (Wildman–Crippen LogP) is 3.86. The van der Waals surface area contributed by atoms with E-state index < -0.39 is 29.7 Å². The molecule has 9 rings (SSSR count). The topological polar surface area (TPSA) is 184 Å². The Balaban J connectivity index is 0.698. The van der Waals surface area contributed by atoms with Crippen LogP contribution in [0.1, 0.15) is 64.4 Å². The molecule has 1 unspecified atom stereocenters. The first-order valence-electron chi connectivity index (χ1n) is 21.3. The number of fused-ring (bicyclic) bond motifs is 2. The molecule has 2 aromatic carbocycles. The summed E-state index contributed by atoms with van der Waals surface area (Å²) in [4.78, 5) is 80.1. The van der Waals surface area contributed by atoms with E-state index in [0.29, 0.717) is 63.9 Å². The fraction of sp³-hybridized carbons (Fsp3) is 0.378. The summed E-state index contributed by atoms with van der Waals surface area (Å²) < 4.78 is 27.3. The van der Waals surface area contributed by atoms with Gasteiger partial charge in [0.25, 0.3) is 11.8 Å². The molecular formula is C45H47FN10O7. The Bertz CT molecular complexity index is 2560. The van der Waals surface area contributed by atoms with Gasteiger partial charge in [-0.1, -0.05) is 24.3 Å². The highest BCUT2D eigenvalue weighted by atomic mass is 19.1. The van der Waals surface area contributed by atoms with Crippen LogP contribution in [-0.2, 0) is 23.9 Å². The number of anilines is 3. The highest BCUT2D eigenvalue weighted by Crippen LogP contribution is 2.36. The number of nitrogens with zero attached hydrogens (tertiary/aromatic N) is 8. The highest BCUT2D eigenvalue weighted by molar-refractivity contribution is 6.25. The number of halogens is 1. The minimum absolute atomic E-state index is 0.0197. The number of imidazole rings is 1. The smallest absolute Gasteiger partial charge is 0.264 e. The van der Waals surface area contributed by atoms with Gasteiger partial charge in [-0.15, -0.1) is 5.10 Å². The number of piperazine rings is 1. The maximum atomic E-state index is 14.1. The summed E-state index contributed by atoms with van der Waals surface area (Å²) in [6, 6.07) is 20.5. The molecular weight excluding hydrogens is 812 g/mol. The molecule has 0 saturated carbocycles. The molecule has 4 aliphatic heterocycles. The van der Waals surface area contributed by atoms with Crippen molar-refractivity contribution in [2.75, 3.05) is 80.8 Å². The van der Waals surface area contributed by atoms with Crippen LogP contribution in [0, 0.1) is 5.82 Å². The van der Waals surface area contributed by atoms with Crippen molar-refractivity contribution in [1.82, 2.24) is 34.7 Å². The first-order valence-corrected chi connectivity index (χ1v) is 21.3. The zero-order chi connectivity index (χ0) is 43.5. The number of amides is 5. The molecule has 2 atom stereocenters. The van der Waals surface area contributed by atoms with E-state index in [-0.39, 0.29) is 54.8 Å². The van der Waals surface area contributed by atoms with E-state index in [1.807, 2.05) is 45.8 Å². The first-order chi connectivity index (χ1) is 30.7. The van der Waals surface area contributed by atoms with Crippen molar-refractivity contribution < 1.29 is 37.8 Å². The molecule has 0 bridgehead atoms. The van der Waals surface area contributed by atoms with Crippen molar-refractivity contribution in [3.63, 3.8) is 0 Å². The number of nitrogens with one attached hydrogen (secondary N) is 2. The van der Waals surface area contributed by atoms with Crippen LogP contribution in [0.25, 0.3) is 17.0 Å². The number of hydrogen-bond acceptors (Lipinski definition) is 13. The van der Waals surface area contributed by atoms with Crippen LogP contribution in [0.5, 0.6) is 0 Å². The summed E-state index contributed by atoms with van der Waals surface area (Å²) in [5.41, 5.74) is 3.99. The van der Waals surface area contributed by atoms with E-state index in [1.165, 1.54) is 6.07 Å². The van der Waals surface area contributed by atoms with E-state index in [4.69, 9.17) is 19.6 Å². The molecule has 3 fully saturated rings. The summed E-state index contributed by atoms with van der Waals surface area (Å²) in [6.07, 6.45) is 4.07. The van der Waals surface area contributed by atoms with E-state index in [0.717, 1.165) is 52.9 Å². The number of ether oxygens (including phenoxy) is 2. The number of imide groups is 2. The zero-order valence-electron chi connectivity index (χ0n) is 34.6. The maximum Gasteiger partial charge on any atom is 0.264 e. The summed E-state index contributed by atoms with van der Waals surface area (Å²) in [5.74, 6) is -0.842. The first kappa shape index (κ1) is 41.6. The molecule has 0 aliphatic carbocycles. The van der Waals surface area contributed by atoms with Gasteiger partial charge in [0.15, 0.2) is 5.65 Å². The molecule has 3 saturated heterocycles. The molecule has 5 amide bonds. The van der Waals surface area contributed by atoms with Gasteiger partial charge in [0.1, 0.15) is 29.2 Å². The third-order valence-electron chi connectivity index (χ3n) is 11.9. The van der Waals surface area contributed by atoms with Crippen LogP contribution in [0.2, 0.25) is 0 Å². The van der Waals surface area contributed by atoms with Crippen LogP contribution in [0.4, 0.5) is 21.7 Å². The quantitative estimate of drug-likeness (QED) is 0.115. The lowest BCUT2D eigenvalue weighted by Gasteiger charge is -2.35. The van der Waals surface area contributed by atoms with Gasteiger partial charge in [-0.25, -0.2) is 18.9 Å². The van der Waals surface area contributed by atoms with E-state index in [9.17, 15) is 28.4 Å². The maximum absolute atomic E-state index is 14.1. The Morgan fingerprint density at radius 1 is 0.825 bits per heavy atom. The third-order valence-corrected chi connectivity index (χ3v) is 11.9. The fourth-order valence-corrected chi connectivity index (χ4v) is 8.78. The lowest BCUT2D eigenvalue weighted by atomic mass is 10.0. The Kier molecular flexibility index (Phi) is 12.1. The minimum Gasteiger partial charge on any atom is -0.382 e. The summed E-state index contributed by atoms with van der Waals surface area (Å²) in [5, 5.41) is 10.3. The van der Waals surface area contributed by atoms with Gasteiger partial charge in [0, 0.05) is 51.4 Å². The number of benzene rings is 2. The number of carbonyl (C=O) groups is 5. The lowest BCUT2D eigenvalue weighted by molar-refractivity contribution is -0.136. The van der Waals surface area contributed by atoms with Crippen LogP contribution < -0.4 is 20.4 Å². The Hall–Kier alpha value is -6.79. The standard InChI is InChI=1S/C45H47FN10O7/c46-30-6-1-5-29(27-30)34-10-4-18-54(34)39-14-13-37-48-28-36(56(37)51-39)32-8-3-11-38(49-32)52-19-21-53(22-20-52)41(58)16-23-62-25-26-63-24-17-47-33-9-2-7-31-42(33)45(61)55(44(31)60)35-12-15-40(57)50-43(35)59/h1-3,5-9,11,13-14,27-28,34-35,47H,4,10,12,15-26H2,(H,50,57,59)/t34-,35?/m1/s1. The predicted molar refractivity (Wildman–Crippen MR) is 229 cm³/mol. The fourth-order valence-electron chi connectivity index (χ4n) is 8.78. The highest BCUT2D eigenvalue weighted by Gasteiger charge is 2.45. The molecule has 0 radical (unpaired) electrons. The Labute approximate surface area is 362 Å². The number of carbonyl (C=O) groups excluding carboxylic acids is 5. The molecule has 17 nitrogen and oxygen atoms in total. The van der Waals surface area contributed by atoms with Gasteiger partial charge in [0.2, 0.25) is 17.7 Å². The van der Waals surface area contributed by atoms with E-state index >= 15 is 0 Å². The molecule has 5 aromatic rings. The van der Waals surface area contributed by atoms with Crippen molar-refractivity contribution in [1.29, 1.82) is 0 Å². The number of hydrogen-bond donors (Lipinski definition) is 2. The summed E-state index contributed by atoms with van der Waals surface area (Å²) >= 11 is 0. The van der Waals surface area contributed by atoms with Crippen molar-refractivity contribution in [3.05, 3.63) is 102 Å². The van der Waals surface area contributed by atoms with Gasteiger partial charge >= 0.3 is 0 Å². The van der Waals surface area contributed by atoms with Crippen molar-refractivity contribution in [3.8, 4) is 11.4 Å². The Morgan fingerprint density at radius 2 is 1.63 bits per heavy atom. The molecule has 18 heteroatoms. The number of aromatic nitrogens is 4. The number of rotatable bonds is 15. The second-order valence-corrected chi connectivity index (χ2v) is 15.8. The third kappa shape index (κ3) is 8.68. The average molecular weight is 859 g/mol. The molecule has 4 aliphatic rings. The van der Waals surface area contributed by atoms with Gasteiger partial charge in [-0.2, -0.15) is 0 Å². The summed E-state index contributed by atoms with van der Waals surface area (Å²) in [7, 11) is 0. The average Bonchev–Trinajstić information content (AvgIpc) is 4.03. The monoisotopic (exact) mass is 858 g/mol. The zero-order valence-corrected chi connectivity index (χ0v) is 34.6. The van der Waals surface area contributed by atoms with Crippen LogP contribution in [-0.4, -0.2) is 131 Å². The van der Waals surface area contributed by atoms with E-state index in [1.54, 1.807) is 36.5 Å². The van der Waals surface area contributed by atoms with Gasteiger partial charge in [-0.05, 0) is 73.4 Å². The van der Waals surface area contributed by atoms with Crippen molar-refractivity contribution in [2.24, 2.45) is 0 Å². The summed E-state index contributed by atoms with van der Waals surface area (Å²) in [6.45, 7) is 4.70. The molecule has 63 heavy (non-hydrogen) atoms. The lowest BCUT2D eigenvalue weighted by Crippen LogP contribution is -2.54. The largest absolute Gasteiger partial charge is 0.382 e. The normalized spacial score (nSPS) is 19.0. The van der Waals surface area contributed by atoms with E-state index in [2.05, 4.69) is 25.4 Å². The van der Waals surface area contributed by atoms with Gasteiger partial charge in [-0.3, -0.25) is 34.2 Å². The van der Waals surface area contributed by atoms with Crippen LogP contribution in [0.15, 0.2) is 79.0 Å². The second kappa shape index (κ2) is 18.3. The number of pyridine rings is 1. The molecule has 326 valence electrons. The molecule has 0 spiro atoms. The van der Waals surface area contributed by atoms with Gasteiger partial charge < -0.3 is 29.5 Å². The van der Waals surface area contributed by atoms with Crippen molar-refractivity contribution >= 4 is 52.5 Å². The Morgan fingerprint density at radius 3 is 2.46 bits per heavy atom. The second-order valence-electron chi connectivity index (χ2n) is 15.8. The van der Waals surface area contributed by atoms with Crippen LogP contribution >= 0.6 is 0 Å². The molecule has 3 aromatic heterocycles. The minimum atomic E-state index is -1.03. The van der Waals surface area contributed by atoms with Gasteiger partial charge in [0.05, 0.1) is 61.9 Å². The molecule has 2 N–H and O–H groups in total.